The van der Waals surface area contributed by atoms with Gasteiger partial charge >= 0.3 is 0 Å². The van der Waals surface area contributed by atoms with Crippen LogP contribution < -0.4 is 15.8 Å². The number of aromatic nitrogens is 2. The highest BCUT2D eigenvalue weighted by Gasteiger charge is 2.24. The molecule has 2 amide bonds. The standard InChI is InChI=1S/C24H24ClN5O3/c25-23-20(16-27-30(24(23)33)19-9-5-2-6-10-19)28-11-13-29(14-12-28)22(32)17-26-21(31)15-18-7-3-1-4-8-18/h1-10,16H,11-15,17H2,(H,26,31). The summed E-state index contributed by atoms with van der Waals surface area (Å²) in [6.07, 6.45) is 1.82. The molecule has 1 aliphatic heterocycles. The van der Waals surface area contributed by atoms with E-state index < -0.39 is 0 Å². The van der Waals surface area contributed by atoms with Gasteiger partial charge in [-0.05, 0) is 17.7 Å². The molecule has 33 heavy (non-hydrogen) atoms. The topological polar surface area (TPSA) is 87.5 Å². The maximum Gasteiger partial charge on any atom is 0.292 e. The lowest BCUT2D eigenvalue weighted by atomic mass is 10.1. The minimum atomic E-state index is -0.389. The molecule has 0 radical (unpaired) electrons. The number of piperazine rings is 1. The lowest BCUT2D eigenvalue weighted by Crippen LogP contribution is -2.51. The fourth-order valence-electron chi connectivity index (χ4n) is 3.72. The maximum absolute atomic E-state index is 12.7. The van der Waals surface area contributed by atoms with Gasteiger partial charge < -0.3 is 15.1 Å². The van der Waals surface area contributed by atoms with Crippen LogP contribution in [0.15, 0.2) is 71.7 Å². The first-order chi connectivity index (χ1) is 16.0. The Balaban J connectivity index is 1.31. The summed E-state index contributed by atoms with van der Waals surface area (Å²) in [7, 11) is 0. The van der Waals surface area contributed by atoms with Gasteiger partial charge in [-0.15, -0.1) is 0 Å². The number of carbonyl (C=O) groups is 2. The van der Waals surface area contributed by atoms with Crippen LogP contribution in [0.3, 0.4) is 0 Å². The number of halogens is 1. The number of hydrogen-bond acceptors (Lipinski definition) is 5. The van der Waals surface area contributed by atoms with Crippen molar-refractivity contribution in [3.63, 3.8) is 0 Å². The van der Waals surface area contributed by atoms with E-state index in [4.69, 9.17) is 11.6 Å². The highest BCUT2D eigenvalue weighted by molar-refractivity contribution is 6.33. The number of carbonyl (C=O) groups excluding carboxylic acids is 2. The maximum atomic E-state index is 12.7. The third-order valence-corrected chi connectivity index (χ3v) is 5.87. The van der Waals surface area contributed by atoms with Crippen molar-refractivity contribution in [3.05, 3.63) is 87.8 Å². The lowest BCUT2D eigenvalue weighted by Gasteiger charge is -2.36. The highest BCUT2D eigenvalue weighted by atomic mass is 35.5. The molecule has 1 saturated heterocycles. The summed E-state index contributed by atoms with van der Waals surface area (Å²) >= 11 is 6.39. The second kappa shape index (κ2) is 10.3. The monoisotopic (exact) mass is 465 g/mol. The molecule has 2 heterocycles. The summed E-state index contributed by atoms with van der Waals surface area (Å²) < 4.78 is 1.27. The van der Waals surface area contributed by atoms with E-state index in [2.05, 4.69) is 10.4 Å². The Kier molecular flexibility index (Phi) is 7.04. The number of hydrogen-bond donors (Lipinski definition) is 1. The molecule has 9 heteroatoms. The molecule has 0 bridgehead atoms. The molecule has 0 saturated carbocycles. The Morgan fingerprint density at radius 3 is 2.24 bits per heavy atom. The van der Waals surface area contributed by atoms with Gasteiger partial charge in [-0.25, -0.2) is 0 Å². The Labute approximate surface area is 196 Å². The van der Waals surface area contributed by atoms with Gasteiger partial charge in [0.2, 0.25) is 11.8 Å². The van der Waals surface area contributed by atoms with Crippen LogP contribution >= 0.6 is 11.6 Å². The van der Waals surface area contributed by atoms with Gasteiger partial charge in [0.25, 0.3) is 5.56 Å². The average Bonchev–Trinajstić information content (AvgIpc) is 2.85. The van der Waals surface area contributed by atoms with Crippen molar-refractivity contribution in [2.45, 2.75) is 6.42 Å². The van der Waals surface area contributed by atoms with Crippen molar-refractivity contribution in [3.8, 4) is 5.69 Å². The first-order valence-corrected chi connectivity index (χ1v) is 11.1. The molecule has 170 valence electrons. The van der Waals surface area contributed by atoms with Crippen LogP contribution in [0, 0.1) is 0 Å². The molecule has 0 aliphatic carbocycles. The van der Waals surface area contributed by atoms with E-state index in [1.54, 1.807) is 23.2 Å². The number of benzene rings is 2. The number of nitrogens with one attached hydrogen (secondary N) is 1. The van der Waals surface area contributed by atoms with Gasteiger partial charge in [0.1, 0.15) is 5.02 Å². The molecule has 0 atom stereocenters. The Hall–Kier alpha value is -3.65. The molecule has 1 fully saturated rings. The van der Waals surface area contributed by atoms with E-state index in [0.717, 1.165) is 5.56 Å². The van der Waals surface area contributed by atoms with E-state index >= 15 is 0 Å². The van der Waals surface area contributed by atoms with Crippen LogP contribution in [0.4, 0.5) is 5.69 Å². The minimum Gasteiger partial charge on any atom is -0.365 e. The molecule has 4 rings (SSSR count). The van der Waals surface area contributed by atoms with Crippen LogP contribution in [-0.2, 0) is 16.0 Å². The Morgan fingerprint density at radius 2 is 1.58 bits per heavy atom. The second-order valence-electron chi connectivity index (χ2n) is 7.70. The molecule has 1 aromatic heterocycles. The van der Waals surface area contributed by atoms with Gasteiger partial charge in [0, 0.05) is 26.2 Å². The third kappa shape index (κ3) is 5.40. The van der Waals surface area contributed by atoms with E-state index in [-0.39, 0.29) is 35.4 Å². The van der Waals surface area contributed by atoms with E-state index in [0.29, 0.717) is 37.6 Å². The number of rotatable bonds is 6. The number of anilines is 1. The zero-order valence-electron chi connectivity index (χ0n) is 18.0. The van der Waals surface area contributed by atoms with E-state index in [9.17, 15) is 14.4 Å². The van der Waals surface area contributed by atoms with Gasteiger partial charge in [0.05, 0.1) is 30.5 Å². The SMILES string of the molecule is O=C(Cc1ccccc1)NCC(=O)N1CCN(c2cnn(-c3ccccc3)c(=O)c2Cl)CC1. The zero-order valence-corrected chi connectivity index (χ0v) is 18.7. The summed E-state index contributed by atoms with van der Waals surface area (Å²) in [4.78, 5) is 41.0. The fraction of sp³-hybridized carbons (Fsp3) is 0.250. The molecule has 0 unspecified atom stereocenters. The average molecular weight is 466 g/mol. The van der Waals surface area contributed by atoms with Crippen molar-refractivity contribution in [1.29, 1.82) is 0 Å². The van der Waals surface area contributed by atoms with Crippen molar-refractivity contribution in [1.82, 2.24) is 20.0 Å². The van der Waals surface area contributed by atoms with Crippen molar-refractivity contribution in [2.75, 3.05) is 37.6 Å². The third-order valence-electron chi connectivity index (χ3n) is 5.52. The van der Waals surface area contributed by atoms with Crippen LogP contribution in [0.25, 0.3) is 5.69 Å². The van der Waals surface area contributed by atoms with Crippen LogP contribution in [0.2, 0.25) is 5.02 Å². The predicted molar refractivity (Wildman–Crippen MR) is 127 cm³/mol. The number of nitrogens with zero attached hydrogens (tertiary/aromatic N) is 4. The summed E-state index contributed by atoms with van der Waals surface area (Å²) in [5.74, 6) is -0.329. The summed E-state index contributed by atoms with van der Waals surface area (Å²) in [5, 5.41) is 7.06. The number of amides is 2. The molecule has 3 aromatic rings. The predicted octanol–water partition coefficient (Wildman–Crippen LogP) is 1.89. The smallest absolute Gasteiger partial charge is 0.292 e. The normalized spacial score (nSPS) is 13.6. The second-order valence-corrected chi connectivity index (χ2v) is 8.08. The molecule has 8 nitrogen and oxygen atoms in total. The van der Waals surface area contributed by atoms with Crippen molar-refractivity contribution >= 4 is 29.1 Å². The largest absolute Gasteiger partial charge is 0.365 e. The van der Waals surface area contributed by atoms with Gasteiger partial charge in [0.15, 0.2) is 0 Å². The first-order valence-electron chi connectivity index (χ1n) is 10.7. The van der Waals surface area contributed by atoms with Crippen molar-refractivity contribution < 1.29 is 9.59 Å². The summed E-state index contributed by atoms with van der Waals surface area (Å²) in [6.45, 7) is 1.91. The van der Waals surface area contributed by atoms with Crippen LogP contribution in [0.5, 0.6) is 0 Å². The quantitative estimate of drug-likeness (QED) is 0.600. The summed E-state index contributed by atoms with van der Waals surface area (Å²) in [6, 6.07) is 18.5. The zero-order chi connectivity index (χ0) is 23.2. The van der Waals surface area contributed by atoms with Gasteiger partial charge in [-0.3, -0.25) is 14.4 Å². The van der Waals surface area contributed by atoms with Gasteiger partial charge in [-0.2, -0.15) is 9.78 Å². The van der Waals surface area contributed by atoms with Crippen molar-refractivity contribution in [2.24, 2.45) is 0 Å². The molecular weight excluding hydrogens is 442 g/mol. The number of para-hydroxylation sites is 1. The molecule has 1 aliphatic rings. The van der Waals surface area contributed by atoms with Crippen LogP contribution in [0.1, 0.15) is 5.56 Å². The fourth-order valence-corrected chi connectivity index (χ4v) is 3.97. The Bertz CT molecular complexity index is 1180. The van der Waals surface area contributed by atoms with E-state index in [1.165, 1.54) is 4.68 Å². The summed E-state index contributed by atoms with van der Waals surface area (Å²) in [5.41, 5.74) is 1.70. The van der Waals surface area contributed by atoms with E-state index in [1.807, 2.05) is 53.4 Å². The molecule has 2 aromatic carbocycles. The highest BCUT2D eigenvalue weighted by Crippen LogP contribution is 2.23. The van der Waals surface area contributed by atoms with Crippen LogP contribution in [-0.4, -0.2) is 59.2 Å². The first kappa shape index (κ1) is 22.5. The lowest BCUT2D eigenvalue weighted by molar-refractivity contribution is -0.133. The molecule has 0 spiro atoms. The molecular formula is C24H24ClN5O3. The molecule has 1 N–H and O–H groups in total. The van der Waals surface area contributed by atoms with Gasteiger partial charge in [-0.1, -0.05) is 60.1 Å². The minimum absolute atomic E-state index is 0.0406. The Morgan fingerprint density at radius 1 is 0.939 bits per heavy atom.